The molecule has 0 unspecified atom stereocenters. The zero-order chi connectivity index (χ0) is 15.4. The highest BCUT2D eigenvalue weighted by Crippen LogP contribution is 2.27. The number of hydrogen-bond acceptors (Lipinski definition) is 2. The summed E-state index contributed by atoms with van der Waals surface area (Å²) in [6.07, 6.45) is 5.49. The summed E-state index contributed by atoms with van der Waals surface area (Å²) >= 11 is 0. The monoisotopic (exact) mass is 297 g/mol. The molecule has 1 atom stereocenters. The molecule has 4 heteroatoms. The van der Waals surface area contributed by atoms with Crippen molar-refractivity contribution in [3.8, 4) is 0 Å². The first kappa shape index (κ1) is 14.8. The Balaban J connectivity index is 1.57. The molecule has 1 saturated heterocycles. The van der Waals surface area contributed by atoms with Gasteiger partial charge in [-0.25, -0.2) is 0 Å². The number of nitrogens with one attached hydrogen (secondary N) is 1. The first-order valence-electron chi connectivity index (χ1n) is 8.05. The van der Waals surface area contributed by atoms with Crippen LogP contribution in [0.2, 0.25) is 0 Å². The second kappa shape index (κ2) is 6.77. The minimum atomic E-state index is 0.269. The van der Waals surface area contributed by atoms with Crippen LogP contribution in [0.1, 0.15) is 42.0 Å². The van der Waals surface area contributed by atoms with Crippen LogP contribution in [0.3, 0.4) is 0 Å². The molecule has 1 amide bonds. The number of aromatic nitrogens is 2. The molecule has 2 heterocycles. The van der Waals surface area contributed by atoms with Gasteiger partial charge < -0.3 is 4.90 Å². The highest BCUT2D eigenvalue weighted by Gasteiger charge is 2.26. The number of amides is 1. The summed E-state index contributed by atoms with van der Waals surface area (Å²) in [5.41, 5.74) is 3.62. The fourth-order valence-electron chi connectivity index (χ4n) is 3.26. The van der Waals surface area contributed by atoms with Gasteiger partial charge >= 0.3 is 0 Å². The van der Waals surface area contributed by atoms with E-state index in [-0.39, 0.29) is 5.91 Å². The van der Waals surface area contributed by atoms with Crippen LogP contribution in [-0.2, 0) is 11.2 Å². The SMILES string of the molecule is Cc1cn[nH]c1[C@@H]1CCCN(C(=O)CCc2ccccc2)C1. The van der Waals surface area contributed by atoms with Crippen molar-refractivity contribution in [2.45, 2.75) is 38.5 Å². The summed E-state index contributed by atoms with van der Waals surface area (Å²) in [5.74, 6) is 0.669. The maximum Gasteiger partial charge on any atom is 0.222 e. The molecule has 0 aliphatic carbocycles. The minimum absolute atomic E-state index is 0.269. The van der Waals surface area contributed by atoms with Gasteiger partial charge in [-0.05, 0) is 37.3 Å². The number of carbonyl (C=O) groups is 1. The summed E-state index contributed by atoms with van der Waals surface area (Å²) in [6, 6.07) is 10.2. The highest BCUT2D eigenvalue weighted by atomic mass is 16.2. The molecule has 3 rings (SSSR count). The molecule has 22 heavy (non-hydrogen) atoms. The van der Waals surface area contributed by atoms with Crippen molar-refractivity contribution in [1.82, 2.24) is 15.1 Å². The van der Waals surface area contributed by atoms with Crippen LogP contribution < -0.4 is 0 Å². The van der Waals surface area contributed by atoms with E-state index >= 15 is 0 Å². The quantitative estimate of drug-likeness (QED) is 0.943. The van der Waals surface area contributed by atoms with E-state index in [2.05, 4.69) is 29.3 Å². The number of likely N-dealkylation sites (tertiary alicyclic amines) is 1. The lowest BCUT2D eigenvalue weighted by Crippen LogP contribution is -2.39. The molecule has 4 nitrogen and oxygen atoms in total. The molecule has 0 saturated carbocycles. The second-order valence-corrected chi connectivity index (χ2v) is 6.13. The van der Waals surface area contributed by atoms with E-state index in [1.54, 1.807) is 0 Å². The van der Waals surface area contributed by atoms with Crippen LogP contribution in [0.5, 0.6) is 0 Å². The normalized spacial score (nSPS) is 18.4. The Labute approximate surface area is 131 Å². The van der Waals surface area contributed by atoms with Crippen molar-refractivity contribution in [2.24, 2.45) is 0 Å². The predicted octanol–water partition coefficient (Wildman–Crippen LogP) is 3.06. The standard InChI is InChI=1S/C18H23N3O/c1-14-12-19-20-18(14)16-8-5-11-21(13-16)17(22)10-9-15-6-3-2-4-7-15/h2-4,6-7,12,16H,5,8-11,13H2,1H3,(H,19,20)/t16-/m1/s1. The van der Waals surface area contributed by atoms with Gasteiger partial charge in [0.05, 0.1) is 6.20 Å². The summed E-state index contributed by atoms with van der Waals surface area (Å²) in [6.45, 7) is 3.78. The molecule has 1 N–H and O–H groups in total. The molecular formula is C18H23N3O. The van der Waals surface area contributed by atoms with Gasteiger partial charge in [-0.2, -0.15) is 5.10 Å². The summed E-state index contributed by atoms with van der Waals surface area (Å²) in [5, 5.41) is 7.22. The number of aromatic amines is 1. The zero-order valence-corrected chi connectivity index (χ0v) is 13.1. The first-order valence-corrected chi connectivity index (χ1v) is 8.05. The van der Waals surface area contributed by atoms with Crippen LogP contribution in [0.4, 0.5) is 0 Å². The van der Waals surface area contributed by atoms with Crippen molar-refractivity contribution in [1.29, 1.82) is 0 Å². The smallest absolute Gasteiger partial charge is 0.222 e. The van der Waals surface area contributed by atoms with Crippen LogP contribution >= 0.6 is 0 Å². The van der Waals surface area contributed by atoms with Crippen LogP contribution in [0.25, 0.3) is 0 Å². The number of carbonyl (C=O) groups excluding carboxylic acids is 1. The van der Waals surface area contributed by atoms with E-state index in [9.17, 15) is 4.79 Å². The van der Waals surface area contributed by atoms with Crippen molar-refractivity contribution in [3.63, 3.8) is 0 Å². The van der Waals surface area contributed by atoms with E-state index < -0.39 is 0 Å². The molecule has 1 aliphatic heterocycles. The van der Waals surface area contributed by atoms with Crippen molar-refractivity contribution in [2.75, 3.05) is 13.1 Å². The predicted molar refractivity (Wildman–Crippen MR) is 86.6 cm³/mol. The van der Waals surface area contributed by atoms with Gasteiger partial charge in [0, 0.05) is 31.1 Å². The third-order valence-electron chi connectivity index (χ3n) is 4.52. The Bertz CT molecular complexity index is 620. The van der Waals surface area contributed by atoms with Crippen LogP contribution in [0.15, 0.2) is 36.5 Å². The molecule has 1 fully saturated rings. The largest absolute Gasteiger partial charge is 0.342 e. The summed E-state index contributed by atoms with van der Waals surface area (Å²) < 4.78 is 0. The van der Waals surface area contributed by atoms with Crippen molar-refractivity contribution < 1.29 is 4.79 Å². The molecular weight excluding hydrogens is 274 g/mol. The Morgan fingerprint density at radius 3 is 2.91 bits per heavy atom. The number of aryl methyl sites for hydroxylation is 2. The van der Waals surface area contributed by atoms with Crippen LogP contribution in [-0.4, -0.2) is 34.1 Å². The zero-order valence-electron chi connectivity index (χ0n) is 13.1. The maximum atomic E-state index is 12.5. The summed E-state index contributed by atoms with van der Waals surface area (Å²) in [7, 11) is 0. The lowest BCUT2D eigenvalue weighted by atomic mass is 9.92. The van der Waals surface area contributed by atoms with Gasteiger partial charge in [0.25, 0.3) is 0 Å². The molecule has 1 aromatic carbocycles. The number of benzene rings is 1. The molecule has 116 valence electrons. The van der Waals surface area contributed by atoms with Gasteiger partial charge in [-0.3, -0.25) is 9.89 Å². The lowest BCUT2D eigenvalue weighted by Gasteiger charge is -2.32. The average molecular weight is 297 g/mol. The van der Waals surface area contributed by atoms with E-state index in [0.29, 0.717) is 12.3 Å². The van der Waals surface area contributed by atoms with E-state index in [1.165, 1.54) is 16.8 Å². The molecule has 0 spiro atoms. The molecule has 0 bridgehead atoms. The minimum Gasteiger partial charge on any atom is -0.342 e. The van der Waals surface area contributed by atoms with Gasteiger partial charge in [0.1, 0.15) is 0 Å². The number of hydrogen-bond donors (Lipinski definition) is 1. The number of H-pyrrole nitrogens is 1. The topological polar surface area (TPSA) is 49.0 Å². The Morgan fingerprint density at radius 1 is 1.36 bits per heavy atom. The number of piperidine rings is 1. The fraction of sp³-hybridized carbons (Fsp3) is 0.444. The van der Waals surface area contributed by atoms with E-state index in [4.69, 9.17) is 0 Å². The van der Waals surface area contributed by atoms with E-state index in [0.717, 1.165) is 32.4 Å². The van der Waals surface area contributed by atoms with E-state index in [1.807, 2.05) is 29.3 Å². The summed E-state index contributed by atoms with van der Waals surface area (Å²) in [4.78, 5) is 14.5. The number of rotatable bonds is 4. The third-order valence-corrected chi connectivity index (χ3v) is 4.52. The first-order chi connectivity index (χ1) is 10.7. The molecule has 2 aromatic rings. The van der Waals surface area contributed by atoms with Gasteiger partial charge in [0.15, 0.2) is 0 Å². The molecule has 1 aliphatic rings. The maximum absolute atomic E-state index is 12.5. The second-order valence-electron chi connectivity index (χ2n) is 6.13. The molecule has 0 radical (unpaired) electrons. The third kappa shape index (κ3) is 3.38. The van der Waals surface area contributed by atoms with Gasteiger partial charge in [-0.1, -0.05) is 30.3 Å². The van der Waals surface area contributed by atoms with Crippen LogP contribution in [0, 0.1) is 6.92 Å². The lowest BCUT2D eigenvalue weighted by molar-refractivity contribution is -0.132. The van der Waals surface area contributed by atoms with Crippen molar-refractivity contribution in [3.05, 3.63) is 53.3 Å². The fourth-order valence-corrected chi connectivity index (χ4v) is 3.26. The highest BCUT2D eigenvalue weighted by molar-refractivity contribution is 5.76. The van der Waals surface area contributed by atoms with Gasteiger partial charge in [-0.15, -0.1) is 0 Å². The average Bonchev–Trinajstić information content (AvgIpc) is 3.00. The Kier molecular flexibility index (Phi) is 4.56. The number of nitrogens with zero attached hydrogens (tertiary/aromatic N) is 2. The Hall–Kier alpha value is -2.10. The Morgan fingerprint density at radius 2 is 2.18 bits per heavy atom. The molecule has 1 aromatic heterocycles. The van der Waals surface area contributed by atoms with Gasteiger partial charge in [0.2, 0.25) is 5.91 Å². The van der Waals surface area contributed by atoms with Crippen molar-refractivity contribution >= 4 is 5.91 Å².